The van der Waals surface area contributed by atoms with E-state index in [1.807, 2.05) is 4.90 Å². The lowest BCUT2D eigenvalue weighted by atomic mass is 10.1. The van der Waals surface area contributed by atoms with Crippen molar-refractivity contribution in [3.63, 3.8) is 0 Å². The molecule has 2 heterocycles. The molecular formula is C16H17FN2O2. The van der Waals surface area contributed by atoms with Gasteiger partial charge in [0.1, 0.15) is 5.82 Å². The number of halogens is 1. The number of fused-ring (bicyclic) bond motifs is 1. The third-order valence-corrected chi connectivity index (χ3v) is 3.98. The van der Waals surface area contributed by atoms with Crippen LogP contribution in [0.25, 0.3) is 10.9 Å². The fourth-order valence-corrected chi connectivity index (χ4v) is 2.90. The van der Waals surface area contributed by atoms with Crippen LogP contribution in [0.2, 0.25) is 0 Å². The molecule has 1 aromatic heterocycles. The maximum atomic E-state index is 13.4. The van der Waals surface area contributed by atoms with E-state index in [1.54, 1.807) is 6.07 Å². The molecule has 3 rings (SSSR count). The van der Waals surface area contributed by atoms with Crippen molar-refractivity contribution in [2.75, 3.05) is 13.1 Å². The molecule has 1 aliphatic heterocycles. The topological polar surface area (TPSA) is 42.3 Å². The van der Waals surface area contributed by atoms with Crippen LogP contribution in [0.15, 0.2) is 24.4 Å². The third-order valence-electron chi connectivity index (χ3n) is 3.98. The van der Waals surface area contributed by atoms with Crippen LogP contribution in [0.5, 0.6) is 0 Å². The second-order valence-electron chi connectivity index (χ2n) is 5.45. The summed E-state index contributed by atoms with van der Waals surface area (Å²) in [7, 11) is 0. The second kappa shape index (κ2) is 5.31. The predicted octanol–water partition coefficient (Wildman–Crippen LogP) is 3.07. The molecule has 110 valence electrons. The molecule has 1 saturated heterocycles. The standard InChI is InChI=1S/C16H17FN2O2/c1-11(20)19-10-14(13-6-5-12(17)9-15(13)19)16(21)18-7-3-2-4-8-18/h5-6,9-10H,2-4,7-8H2,1H3. The number of nitrogens with zero attached hydrogens (tertiary/aromatic N) is 2. The lowest BCUT2D eigenvalue weighted by molar-refractivity contribution is 0.0726. The number of benzene rings is 1. The first kappa shape index (κ1) is 13.8. The van der Waals surface area contributed by atoms with Crippen LogP contribution in [0.3, 0.4) is 0 Å². The molecule has 5 heteroatoms. The number of amides is 1. The Labute approximate surface area is 122 Å². The van der Waals surface area contributed by atoms with E-state index < -0.39 is 5.82 Å². The van der Waals surface area contributed by atoms with Crippen molar-refractivity contribution in [3.8, 4) is 0 Å². The molecule has 0 N–H and O–H groups in total. The van der Waals surface area contributed by atoms with Crippen LogP contribution in [0.1, 0.15) is 41.3 Å². The average molecular weight is 288 g/mol. The number of hydrogen-bond acceptors (Lipinski definition) is 2. The third kappa shape index (κ3) is 2.44. The van der Waals surface area contributed by atoms with E-state index in [-0.39, 0.29) is 11.8 Å². The van der Waals surface area contributed by atoms with Gasteiger partial charge in [0.05, 0.1) is 11.1 Å². The monoisotopic (exact) mass is 288 g/mol. The van der Waals surface area contributed by atoms with E-state index in [2.05, 4.69) is 0 Å². The van der Waals surface area contributed by atoms with Crippen molar-refractivity contribution in [3.05, 3.63) is 35.8 Å². The van der Waals surface area contributed by atoms with Crippen molar-refractivity contribution in [1.82, 2.24) is 9.47 Å². The van der Waals surface area contributed by atoms with Crippen LogP contribution in [-0.2, 0) is 0 Å². The minimum absolute atomic E-state index is 0.0775. The highest BCUT2D eigenvalue weighted by Crippen LogP contribution is 2.25. The fourth-order valence-electron chi connectivity index (χ4n) is 2.90. The zero-order valence-electron chi connectivity index (χ0n) is 11.9. The van der Waals surface area contributed by atoms with Gasteiger partial charge in [0.15, 0.2) is 0 Å². The first-order valence-corrected chi connectivity index (χ1v) is 7.19. The van der Waals surface area contributed by atoms with Crippen LogP contribution in [0, 0.1) is 5.82 Å². The summed E-state index contributed by atoms with van der Waals surface area (Å²) in [5.74, 6) is -0.727. The Balaban J connectivity index is 2.09. The average Bonchev–Trinajstić information content (AvgIpc) is 2.86. The van der Waals surface area contributed by atoms with Crippen molar-refractivity contribution in [2.24, 2.45) is 0 Å². The maximum Gasteiger partial charge on any atom is 0.256 e. The lowest BCUT2D eigenvalue weighted by Crippen LogP contribution is -2.35. The molecule has 1 fully saturated rings. The molecule has 0 bridgehead atoms. The highest BCUT2D eigenvalue weighted by atomic mass is 19.1. The van der Waals surface area contributed by atoms with Crippen LogP contribution >= 0.6 is 0 Å². The molecule has 21 heavy (non-hydrogen) atoms. The number of aromatic nitrogens is 1. The molecule has 0 unspecified atom stereocenters. The molecule has 0 spiro atoms. The molecule has 0 radical (unpaired) electrons. The normalized spacial score (nSPS) is 15.4. The summed E-state index contributed by atoms with van der Waals surface area (Å²) in [6, 6.07) is 4.19. The largest absolute Gasteiger partial charge is 0.339 e. The second-order valence-corrected chi connectivity index (χ2v) is 5.45. The summed E-state index contributed by atoms with van der Waals surface area (Å²) in [5, 5.41) is 0.627. The van der Waals surface area contributed by atoms with Crippen molar-refractivity contribution >= 4 is 22.7 Å². The lowest BCUT2D eigenvalue weighted by Gasteiger charge is -2.26. The molecule has 0 saturated carbocycles. The van der Waals surface area contributed by atoms with E-state index in [9.17, 15) is 14.0 Å². The van der Waals surface area contributed by atoms with Gasteiger partial charge in [-0.25, -0.2) is 4.39 Å². The van der Waals surface area contributed by atoms with Gasteiger partial charge in [-0.3, -0.25) is 14.2 Å². The van der Waals surface area contributed by atoms with Crippen LogP contribution < -0.4 is 0 Å². The number of rotatable bonds is 1. The molecule has 0 atom stereocenters. The van der Waals surface area contributed by atoms with Gasteiger partial charge < -0.3 is 4.90 Å². The van der Waals surface area contributed by atoms with E-state index in [4.69, 9.17) is 0 Å². The fraction of sp³-hybridized carbons (Fsp3) is 0.375. The number of hydrogen-bond donors (Lipinski definition) is 0. The van der Waals surface area contributed by atoms with Gasteiger partial charge in [-0.2, -0.15) is 0 Å². The van der Waals surface area contributed by atoms with Gasteiger partial charge in [0.25, 0.3) is 5.91 Å². The van der Waals surface area contributed by atoms with Crippen molar-refractivity contribution in [1.29, 1.82) is 0 Å². The highest BCUT2D eigenvalue weighted by molar-refractivity contribution is 6.09. The zero-order chi connectivity index (χ0) is 15.0. The molecule has 2 aromatic rings. The van der Waals surface area contributed by atoms with Gasteiger partial charge in [-0.15, -0.1) is 0 Å². The maximum absolute atomic E-state index is 13.4. The molecule has 1 aromatic carbocycles. The Kier molecular flexibility index (Phi) is 3.49. The first-order chi connectivity index (χ1) is 10.1. The van der Waals surface area contributed by atoms with Crippen LogP contribution in [0.4, 0.5) is 4.39 Å². The smallest absolute Gasteiger partial charge is 0.256 e. The van der Waals surface area contributed by atoms with Gasteiger partial charge >= 0.3 is 0 Å². The zero-order valence-corrected chi connectivity index (χ0v) is 11.9. The molecule has 4 nitrogen and oxygen atoms in total. The molecule has 1 amide bonds. The summed E-state index contributed by atoms with van der Waals surface area (Å²) >= 11 is 0. The highest BCUT2D eigenvalue weighted by Gasteiger charge is 2.23. The molecule has 0 aliphatic carbocycles. The Morgan fingerprint density at radius 2 is 1.86 bits per heavy atom. The number of carbonyl (C=O) groups is 2. The van der Waals surface area contributed by atoms with E-state index in [1.165, 1.54) is 29.8 Å². The Morgan fingerprint density at radius 3 is 2.52 bits per heavy atom. The minimum atomic E-state index is -0.417. The first-order valence-electron chi connectivity index (χ1n) is 7.19. The quantitative estimate of drug-likeness (QED) is 0.809. The molecule has 1 aliphatic rings. The van der Waals surface area contributed by atoms with E-state index in [0.717, 1.165) is 32.4 Å². The Bertz CT molecular complexity index is 714. The summed E-state index contributed by atoms with van der Waals surface area (Å²) in [4.78, 5) is 26.2. The summed E-state index contributed by atoms with van der Waals surface area (Å²) in [6.45, 7) is 2.89. The predicted molar refractivity (Wildman–Crippen MR) is 78.0 cm³/mol. The van der Waals surface area contributed by atoms with Gasteiger partial charge in [0, 0.05) is 31.6 Å². The number of likely N-dealkylation sites (tertiary alicyclic amines) is 1. The number of piperidine rings is 1. The minimum Gasteiger partial charge on any atom is -0.339 e. The summed E-state index contributed by atoms with van der Waals surface area (Å²) < 4.78 is 14.8. The Hall–Kier alpha value is -2.17. The SMILES string of the molecule is CC(=O)n1cc(C(=O)N2CCCCC2)c2ccc(F)cc21. The Morgan fingerprint density at radius 1 is 1.14 bits per heavy atom. The number of carbonyl (C=O) groups excluding carboxylic acids is 2. The van der Waals surface area contributed by atoms with E-state index in [0.29, 0.717) is 16.5 Å². The molecular weight excluding hydrogens is 271 g/mol. The van der Waals surface area contributed by atoms with Gasteiger partial charge in [-0.1, -0.05) is 0 Å². The summed E-state index contributed by atoms with van der Waals surface area (Å²) in [5.41, 5.74) is 0.921. The van der Waals surface area contributed by atoms with Crippen LogP contribution in [-0.4, -0.2) is 34.4 Å². The van der Waals surface area contributed by atoms with Gasteiger partial charge in [-0.05, 0) is 37.5 Å². The van der Waals surface area contributed by atoms with Crippen molar-refractivity contribution < 1.29 is 14.0 Å². The summed E-state index contributed by atoms with van der Waals surface area (Å²) in [6.07, 6.45) is 4.69. The van der Waals surface area contributed by atoms with Gasteiger partial charge in [0.2, 0.25) is 5.91 Å². The van der Waals surface area contributed by atoms with E-state index >= 15 is 0 Å². The van der Waals surface area contributed by atoms with Crippen molar-refractivity contribution in [2.45, 2.75) is 26.2 Å².